The lowest BCUT2D eigenvalue weighted by atomic mass is 9.52. The number of allylic oxidation sites excluding steroid dienone is 1. The molecule has 3 aromatic rings. The van der Waals surface area contributed by atoms with Crippen LogP contribution in [0.3, 0.4) is 0 Å². The molecular formula is C19H21BN3O+. The first-order valence-electron chi connectivity index (χ1n) is 10.7. The Hall–Kier alpha value is -2.56. The quantitative estimate of drug-likeness (QED) is 0.504. The minimum atomic E-state index is -2.33. The van der Waals surface area contributed by atoms with Crippen molar-refractivity contribution in [1.29, 1.82) is 0 Å². The summed E-state index contributed by atoms with van der Waals surface area (Å²) in [6, 6.07) is 6.98. The van der Waals surface area contributed by atoms with Crippen LogP contribution in [-0.2, 0) is 7.05 Å². The average Bonchev–Trinajstić information content (AvgIpc) is 2.97. The number of hydrogen-bond donors (Lipinski definition) is 0. The third-order valence-corrected chi connectivity index (χ3v) is 4.43. The van der Waals surface area contributed by atoms with E-state index < -0.39 is 20.6 Å². The number of aromatic nitrogens is 2. The van der Waals surface area contributed by atoms with Crippen molar-refractivity contribution in [1.82, 2.24) is 9.79 Å². The maximum absolute atomic E-state index is 8.02. The molecule has 0 unspecified atom stereocenters. The first kappa shape index (κ1) is 9.67. The van der Waals surface area contributed by atoms with Gasteiger partial charge in [-0.2, -0.15) is 0 Å². The predicted molar refractivity (Wildman–Crippen MR) is 97.5 cm³/mol. The zero-order chi connectivity index (χ0) is 22.0. The van der Waals surface area contributed by atoms with Crippen LogP contribution in [0.1, 0.15) is 31.9 Å². The van der Waals surface area contributed by atoms with E-state index in [2.05, 4.69) is 4.98 Å². The summed E-state index contributed by atoms with van der Waals surface area (Å²) in [6.45, 7) is -3.13. The van der Waals surface area contributed by atoms with Gasteiger partial charge in [0.15, 0.2) is 11.8 Å². The predicted octanol–water partition coefficient (Wildman–Crippen LogP) is 1.68. The third-order valence-electron chi connectivity index (χ3n) is 4.43. The summed E-state index contributed by atoms with van der Waals surface area (Å²) < 4.78 is 54.8. The van der Waals surface area contributed by atoms with Crippen LogP contribution < -0.4 is 15.8 Å². The van der Waals surface area contributed by atoms with E-state index in [1.54, 1.807) is 48.0 Å². The molecule has 0 saturated carbocycles. The first-order chi connectivity index (χ1) is 13.9. The number of nitrogens with zero attached hydrogens (tertiary/aromatic N) is 3. The summed E-state index contributed by atoms with van der Waals surface area (Å²) >= 11 is 0. The normalized spacial score (nSPS) is 18.9. The van der Waals surface area contributed by atoms with Gasteiger partial charge in [0.25, 0.3) is 0 Å². The van der Waals surface area contributed by atoms with E-state index in [-0.39, 0.29) is 11.1 Å². The van der Waals surface area contributed by atoms with Gasteiger partial charge in [0.05, 0.1) is 0 Å². The molecule has 1 aliphatic rings. The van der Waals surface area contributed by atoms with Crippen molar-refractivity contribution in [3.05, 3.63) is 53.5 Å². The van der Waals surface area contributed by atoms with E-state index in [4.69, 9.17) is 12.6 Å². The van der Waals surface area contributed by atoms with E-state index in [9.17, 15) is 0 Å². The SMILES string of the molecule is [2H]C([2H])([2H])C1=CN(C)B(c2ccc(C([2H])([2H])[2H])c[n+]2C)c2oc3nc(C)ccc3c21. The highest BCUT2D eigenvalue weighted by Crippen LogP contribution is 2.28. The highest BCUT2D eigenvalue weighted by atomic mass is 16.3. The molecule has 5 heteroatoms. The molecule has 0 radical (unpaired) electrons. The van der Waals surface area contributed by atoms with Gasteiger partial charge in [-0.25, -0.2) is 9.55 Å². The largest absolute Gasteiger partial charge is 0.449 e. The molecule has 4 heterocycles. The maximum Gasteiger partial charge on any atom is 0.443 e. The van der Waals surface area contributed by atoms with Crippen molar-refractivity contribution in [3.8, 4) is 0 Å². The summed E-state index contributed by atoms with van der Waals surface area (Å²) in [5.41, 5.74) is 3.36. The summed E-state index contributed by atoms with van der Waals surface area (Å²) in [4.78, 5) is 6.22. The van der Waals surface area contributed by atoms with Gasteiger partial charge in [0.2, 0.25) is 5.71 Å². The van der Waals surface area contributed by atoms with Gasteiger partial charge >= 0.3 is 6.85 Å². The van der Waals surface area contributed by atoms with Crippen molar-refractivity contribution in [3.63, 3.8) is 0 Å². The van der Waals surface area contributed by atoms with Crippen molar-refractivity contribution < 1.29 is 17.2 Å². The maximum atomic E-state index is 8.02. The Morgan fingerprint density at radius 3 is 2.88 bits per heavy atom. The van der Waals surface area contributed by atoms with E-state index >= 15 is 0 Å². The van der Waals surface area contributed by atoms with Crippen LogP contribution in [0, 0.1) is 13.8 Å². The standard InChI is InChI=1S/C19H21BN3O/c1-12-6-9-16(22(4)10-12)20-18-17(13(2)11-23(20)5)15-8-7-14(3)21-19(15)24-18/h6-11H,1-5H3/q+1/i1D3,2D3. The van der Waals surface area contributed by atoms with Crippen molar-refractivity contribution in [2.24, 2.45) is 7.05 Å². The number of furan rings is 1. The number of pyridine rings is 2. The molecule has 3 aromatic heterocycles. The number of fused-ring (bicyclic) bond motifs is 3. The van der Waals surface area contributed by atoms with E-state index in [0.29, 0.717) is 22.3 Å². The van der Waals surface area contributed by atoms with Gasteiger partial charge in [0.1, 0.15) is 12.7 Å². The lowest BCUT2D eigenvalue weighted by Crippen LogP contribution is -2.65. The van der Waals surface area contributed by atoms with Crippen LogP contribution in [-0.4, -0.2) is 23.7 Å². The summed E-state index contributed by atoms with van der Waals surface area (Å²) in [5, 5.41) is 0.651. The molecular weight excluding hydrogens is 297 g/mol. The topological polar surface area (TPSA) is 33.2 Å². The van der Waals surface area contributed by atoms with Gasteiger partial charge in [-0.3, -0.25) is 0 Å². The molecule has 4 rings (SSSR count). The molecule has 0 fully saturated rings. The van der Waals surface area contributed by atoms with Crippen LogP contribution in [0.5, 0.6) is 0 Å². The van der Waals surface area contributed by atoms with E-state index in [0.717, 1.165) is 11.3 Å². The van der Waals surface area contributed by atoms with Gasteiger partial charge in [-0.1, -0.05) is 0 Å². The molecule has 4 nitrogen and oxygen atoms in total. The molecule has 0 N–H and O–H groups in total. The van der Waals surface area contributed by atoms with Crippen LogP contribution in [0.25, 0.3) is 16.7 Å². The molecule has 0 spiro atoms. The fourth-order valence-electron chi connectivity index (χ4n) is 3.33. The minimum absolute atomic E-state index is 0.197. The minimum Gasteiger partial charge on any atom is -0.449 e. The van der Waals surface area contributed by atoms with Gasteiger partial charge in [-0.05, 0) is 63.7 Å². The van der Waals surface area contributed by atoms with E-state index in [1.807, 2.05) is 19.1 Å². The van der Waals surface area contributed by atoms with Crippen LogP contribution in [0.4, 0.5) is 0 Å². The van der Waals surface area contributed by atoms with Gasteiger partial charge < -0.3 is 9.23 Å². The Kier molecular flexibility index (Phi) is 2.11. The van der Waals surface area contributed by atoms with Crippen LogP contribution >= 0.6 is 0 Å². The number of hydrogen-bond acceptors (Lipinski definition) is 3. The molecule has 0 aromatic carbocycles. The average molecular weight is 324 g/mol. The first-order valence-corrected chi connectivity index (χ1v) is 7.72. The second kappa shape index (κ2) is 5.23. The molecule has 0 saturated heterocycles. The molecule has 120 valence electrons. The Balaban J connectivity index is 1.96. The Bertz CT molecular complexity index is 1180. The second-order valence-electron chi connectivity index (χ2n) is 6.21. The smallest absolute Gasteiger partial charge is 0.443 e. The van der Waals surface area contributed by atoms with Gasteiger partial charge in [0, 0.05) is 30.4 Å². The lowest BCUT2D eigenvalue weighted by Gasteiger charge is -2.26. The monoisotopic (exact) mass is 324 g/mol. The van der Waals surface area contributed by atoms with Gasteiger partial charge in [-0.15, -0.1) is 0 Å². The Morgan fingerprint density at radius 2 is 2.12 bits per heavy atom. The zero-order valence-electron chi connectivity index (χ0n) is 19.8. The van der Waals surface area contributed by atoms with Crippen LogP contribution in [0.15, 0.2) is 41.1 Å². The van der Waals surface area contributed by atoms with Crippen molar-refractivity contribution in [2.75, 3.05) is 7.05 Å². The van der Waals surface area contributed by atoms with Crippen LogP contribution in [0.2, 0.25) is 0 Å². The number of aryl methyl sites for hydroxylation is 3. The Labute approximate surface area is 151 Å². The summed E-state index contributed by atoms with van der Waals surface area (Å²) in [5.74, 6) is 0. The molecule has 0 aliphatic carbocycles. The summed E-state index contributed by atoms with van der Waals surface area (Å²) in [6.07, 6.45) is 3.19. The fourth-order valence-corrected chi connectivity index (χ4v) is 3.33. The molecule has 0 atom stereocenters. The second-order valence-corrected chi connectivity index (χ2v) is 6.21. The van der Waals surface area contributed by atoms with Crippen molar-refractivity contribution >= 4 is 34.8 Å². The third kappa shape index (κ3) is 2.15. The lowest BCUT2D eigenvalue weighted by molar-refractivity contribution is -0.654. The fraction of sp³-hybridized carbons (Fsp3) is 0.263. The highest BCUT2D eigenvalue weighted by Gasteiger charge is 2.41. The Morgan fingerprint density at radius 1 is 1.25 bits per heavy atom. The van der Waals surface area contributed by atoms with E-state index in [1.165, 1.54) is 0 Å². The van der Waals surface area contributed by atoms with Crippen molar-refractivity contribution in [2.45, 2.75) is 20.6 Å². The molecule has 0 amide bonds. The molecule has 1 aliphatic heterocycles. The zero-order valence-corrected chi connectivity index (χ0v) is 13.8. The summed E-state index contributed by atoms with van der Waals surface area (Å²) in [7, 11) is 3.55. The highest BCUT2D eigenvalue weighted by molar-refractivity contribution is 6.82. The number of rotatable bonds is 1. The molecule has 24 heavy (non-hydrogen) atoms. The molecule has 0 bridgehead atoms.